The van der Waals surface area contributed by atoms with E-state index in [4.69, 9.17) is 9.47 Å². The van der Waals surface area contributed by atoms with Crippen LogP contribution in [0.1, 0.15) is 32.8 Å². The summed E-state index contributed by atoms with van der Waals surface area (Å²) < 4.78 is 50.9. The fourth-order valence-electron chi connectivity index (χ4n) is 2.07. The van der Waals surface area contributed by atoms with Gasteiger partial charge < -0.3 is 19.5 Å². The van der Waals surface area contributed by atoms with Gasteiger partial charge >= 0.3 is 18.2 Å². The minimum absolute atomic E-state index is 0.0927. The first-order valence-corrected chi connectivity index (χ1v) is 8.72. The monoisotopic (exact) mass is 419 g/mol. The molecule has 0 aliphatic carbocycles. The number of ketones is 1. The van der Waals surface area contributed by atoms with Gasteiger partial charge in [-0.05, 0) is 26.3 Å². The van der Waals surface area contributed by atoms with Crippen LogP contribution >= 0.6 is 0 Å². The van der Waals surface area contributed by atoms with Crippen molar-refractivity contribution >= 4 is 17.8 Å². The number of rotatable bonds is 9. The van der Waals surface area contributed by atoms with Crippen LogP contribution in [0, 0.1) is 0 Å². The van der Waals surface area contributed by atoms with E-state index >= 15 is 0 Å². The van der Waals surface area contributed by atoms with Crippen LogP contribution in [0.3, 0.4) is 0 Å². The lowest BCUT2D eigenvalue weighted by atomic mass is 10.1. The van der Waals surface area contributed by atoms with E-state index in [1.54, 1.807) is 51.1 Å². The summed E-state index contributed by atoms with van der Waals surface area (Å²) in [6.45, 7) is 2.16. The fourth-order valence-corrected chi connectivity index (χ4v) is 2.07. The van der Waals surface area contributed by atoms with Gasteiger partial charge in [0.2, 0.25) is 0 Å². The zero-order valence-electron chi connectivity index (χ0n) is 16.4. The average Bonchev–Trinajstić information content (AvgIpc) is 2.57. The molecule has 10 heteroatoms. The lowest BCUT2D eigenvalue weighted by Gasteiger charge is -2.22. The molecule has 0 saturated heterocycles. The zero-order chi connectivity index (χ0) is 22.1. The molecule has 1 amide bonds. The topological polar surface area (TPSA) is 90.9 Å². The normalized spacial score (nSPS) is 12.8. The molecular weight excluding hydrogens is 395 g/mol. The number of carbonyl (C=O) groups excluding carboxylic acids is 3. The Morgan fingerprint density at radius 1 is 1.07 bits per heavy atom. The lowest BCUT2D eigenvalue weighted by molar-refractivity contribution is -0.176. The number of Topliss-reactive ketones (excluding diaryl/α,β-unsaturated/α-hetero) is 1. The first-order valence-electron chi connectivity index (χ1n) is 8.72. The van der Waals surface area contributed by atoms with Crippen LogP contribution in [-0.4, -0.2) is 48.9 Å². The van der Waals surface area contributed by atoms with Gasteiger partial charge in [0.05, 0.1) is 6.42 Å². The van der Waals surface area contributed by atoms with Crippen LogP contribution in [0.2, 0.25) is 0 Å². The second-order valence-corrected chi connectivity index (χ2v) is 7.12. The van der Waals surface area contributed by atoms with Crippen molar-refractivity contribution in [3.63, 3.8) is 0 Å². The molecule has 7 nitrogen and oxygen atoms in total. The number of nitrogens with one attached hydrogen (secondary N) is 1. The van der Waals surface area contributed by atoms with E-state index < -0.39 is 55.3 Å². The van der Waals surface area contributed by atoms with Crippen LogP contribution in [0.25, 0.3) is 0 Å². The third-order valence-corrected chi connectivity index (χ3v) is 3.19. The van der Waals surface area contributed by atoms with Gasteiger partial charge in [-0.1, -0.05) is 30.3 Å². The zero-order valence-corrected chi connectivity index (χ0v) is 16.4. The molecule has 1 aromatic carbocycles. The van der Waals surface area contributed by atoms with Gasteiger partial charge in [-0.3, -0.25) is 9.59 Å². The molecule has 0 fully saturated rings. The van der Waals surface area contributed by atoms with E-state index in [-0.39, 0.29) is 6.61 Å². The third kappa shape index (κ3) is 11.7. The van der Waals surface area contributed by atoms with E-state index in [9.17, 15) is 27.6 Å². The molecule has 0 saturated carbocycles. The number of ether oxygens (including phenoxy) is 3. The summed E-state index contributed by atoms with van der Waals surface area (Å²) in [6.07, 6.45) is -6.19. The predicted molar refractivity (Wildman–Crippen MR) is 95.9 cm³/mol. The summed E-state index contributed by atoms with van der Waals surface area (Å²) in [5.74, 6) is -1.73. The van der Waals surface area contributed by atoms with Gasteiger partial charge in [-0.2, -0.15) is 13.2 Å². The summed E-state index contributed by atoms with van der Waals surface area (Å²) in [4.78, 5) is 36.1. The van der Waals surface area contributed by atoms with E-state index in [1.807, 2.05) is 0 Å². The summed E-state index contributed by atoms with van der Waals surface area (Å²) in [6, 6.07) is 7.22. The molecule has 0 aliphatic heterocycles. The summed E-state index contributed by atoms with van der Waals surface area (Å²) in [5, 5.41) is 2.18. The molecule has 1 aromatic rings. The second-order valence-electron chi connectivity index (χ2n) is 7.12. The van der Waals surface area contributed by atoms with E-state index in [0.29, 0.717) is 5.56 Å². The molecule has 1 rings (SSSR count). The maximum atomic E-state index is 12.2. The molecular formula is C19H24F3NO6. The van der Waals surface area contributed by atoms with Crippen LogP contribution in [0.4, 0.5) is 18.0 Å². The number of hydrogen-bond acceptors (Lipinski definition) is 6. The number of alkyl halides is 3. The standard InChI is InChI=1S/C19H24F3NO6/c1-18(2,3)29-16(25)9-14(15(24)11-27-12-19(20,21)22)23-17(26)28-10-13-7-5-4-6-8-13/h4-8,14H,9-12H2,1-3H3,(H,23,26)/t14-/m0/s1. The Morgan fingerprint density at radius 3 is 2.24 bits per heavy atom. The van der Waals surface area contributed by atoms with E-state index in [0.717, 1.165) is 0 Å². The molecule has 1 atom stereocenters. The van der Waals surface area contributed by atoms with Crippen molar-refractivity contribution in [1.29, 1.82) is 0 Å². The Balaban J connectivity index is 2.68. The first kappa shape index (κ1) is 24.4. The summed E-state index contributed by atoms with van der Waals surface area (Å²) in [5.41, 5.74) is -0.156. The second kappa shape index (κ2) is 10.8. The number of benzene rings is 1. The highest BCUT2D eigenvalue weighted by Crippen LogP contribution is 2.15. The molecule has 162 valence electrons. The number of hydrogen-bond donors (Lipinski definition) is 1. The molecule has 0 unspecified atom stereocenters. The molecule has 1 N–H and O–H groups in total. The Kier molecular flexibility index (Phi) is 9.09. The smallest absolute Gasteiger partial charge is 0.411 e. The van der Waals surface area contributed by atoms with Crippen molar-refractivity contribution in [2.45, 2.75) is 51.6 Å². The number of esters is 1. The Hall–Kier alpha value is -2.62. The molecule has 29 heavy (non-hydrogen) atoms. The number of alkyl carbamates (subject to hydrolysis) is 1. The quantitative estimate of drug-likeness (QED) is 0.619. The third-order valence-electron chi connectivity index (χ3n) is 3.19. The summed E-state index contributed by atoms with van der Waals surface area (Å²) >= 11 is 0. The van der Waals surface area contributed by atoms with Crippen molar-refractivity contribution in [1.82, 2.24) is 5.32 Å². The van der Waals surface area contributed by atoms with Gasteiger partial charge in [-0.15, -0.1) is 0 Å². The fraction of sp³-hybridized carbons (Fsp3) is 0.526. The van der Waals surface area contributed by atoms with Crippen LogP contribution in [0.5, 0.6) is 0 Å². The first-order chi connectivity index (χ1) is 13.4. The van der Waals surface area contributed by atoms with E-state index in [1.165, 1.54) is 0 Å². The number of carbonyl (C=O) groups is 3. The van der Waals surface area contributed by atoms with Gasteiger partial charge in [0.25, 0.3) is 0 Å². The van der Waals surface area contributed by atoms with E-state index in [2.05, 4.69) is 10.1 Å². The average molecular weight is 419 g/mol. The number of amides is 1. The maximum absolute atomic E-state index is 12.2. The highest BCUT2D eigenvalue weighted by atomic mass is 19.4. The lowest BCUT2D eigenvalue weighted by Crippen LogP contribution is -2.45. The highest BCUT2D eigenvalue weighted by Gasteiger charge is 2.31. The molecule has 0 aromatic heterocycles. The SMILES string of the molecule is CC(C)(C)OC(=O)C[C@H](NC(=O)OCc1ccccc1)C(=O)COCC(F)(F)F. The van der Waals surface area contributed by atoms with Gasteiger partial charge in [0, 0.05) is 0 Å². The Bertz CT molecular complexity index is 685. The molecule has 0 aliphatic rings. The molecule has 0 heterocycles. The molecule has 0 spiro atoms. The Labute approximate surface area is 166 Å². The van der Waals surface area contributed by atoms with Crippen molar-refractivity contribution in [3.05, 3.63) is 35.9 Å². The van der Waals surface area contributed by atoms with Crippen LogP contribution in [0.15, 0.2) is 30.3 Å². The summed E-state index contributed by atoms with van der Waals surface area (Å²) in [7, 11) is 0. The Morgan fingerprint density at radius 2 is 1.69 bits per heavy atom. The van der Waals surface area contributed by atoms with Crippen molar-refractivity contribution < 1.29 is 41.8 Å². The number of halogens is 3. The van der Waals surface area contributed by atoms with Crippen LogP contribution < -0.4 is 5.32 Å². The predicted octanol–water partition coefficient (Wildman–Crippen LogP) is 3.16. The maximum Gasteiger partial charge on any atom is 0.411 e. The minimum atomic E-state index is -4.61. The molecule has 0 radical (unpaired) electrons. The van der Waals surface area contributed by atoms with Crippen molar-refractivity contribution in [3.8, 4) is 0 Å². The van der Waals surface area contributed by atoms with Gasteiger partial charge in [-0.25, -0.2) is 4.79 Å². The van der Waals surface area contributed by atoms with Crippen LogP contribution in [-0.2, 0) is 30.4 Å². The largest absolute Gasteiger partial charge is 0.460 e. The highest BCUT2D eigenvalue weighted by molar-refractivity contribution is 5.91. The van der Waals surface area contributed by atoms with Crippen molar-refractivity contribution in [2.75, 3.05) is 13.2 Å². The molecule has 0 bridgehead atoms. The van der Waals surface area contributed by atoms with Gasteiger partial charge in [0.15, 0.2) is 5.78 Å². The van der Waals surface area contributed by atoms with Crippen molar-refractivity contribution in [2.24, 2.45) is 0 Å². The van der Waals surface area contributed by atoms with Gasteiger partial charge in [0.1, 0.15) is 31.5 Å². The minimum Gasteiger partial charge on any atom is -0.460 e.